The second-order valence-electron chi connectivity index (χ2n) is 5.94. The van der Waals surface area contributed by atoms with Crippen LogP contribution in [0.2, 0.25) is 0 Å². The highest BCUT2D eigenvalue weighted by atomic mass is 32.2. The number of hydrogen-bond acceptors (Lipinski definition) is 5. The molecule has 0 saturated carbocycles. The second kappa shape index (κ2) is 5.10. The SMILES string of the molecule is O=[N+]([O-])c1ccccc1S(=O)(=O)N1CC2(C1)OCc1ccccc12. The van der Waals surface area contributed by atoms with Crippen molar-refractivity contribution in [2.75, 3.05) is 13.1 Å². The van der Waals surface area contributed by atoms with Crippen molar-refractivity contribution in [1.29, 1.82) is 0 Å². The number of nitro benzene ring substituents is 1. The van der Waals surface area contributed by atoms with E-state index in [2.05, 4.69) is 0 Å². The van der Waals surface area contributed by atoms with Crippen LogP contribution in [0, 0.1) is 10.1 Å². The standard InChI is InChI=1S/C16H14N2O5S/c19-18(20)14-7-3-4-8-15(14)24(21,22)17-10-16(11-17)13-6-2-1-5-12(13)9-23-16/h1-8H,9-11H2. The molecule has 24 heavy (non-hydrogen) atoms. The number of nitrogens with zero attached hydrogens (tertiary/aromatic N) is 2. The van der Waals surface area contributed by atoms with Crippen LogP contribution in [-0.2, 0) is 27.0 Å². The van der Waals surface area contributed by atoms with Gasteiger partial charge in [-0.1, -0.05) is 36.4 Å². The molecular weight excluding hydrogens is 332 g/mol. The van der Waals surface area contributed by atoms with E-state index in [-0.39, 0.29) is 18.0 Å². The number of sulfonamides is 1. The molecule has 7 nitrogen and oxygen atoms in total. The van der Waals surface area contributed by atoms with Crippen molar-refractivity contribution in [3.05, 3.63) is 69.8 Å². The maximum absolute atomic E-state index is 12.8. The van der Waals surface area contributed by atoms with Crippen LogP contribution in [0.3, 0.4) is 0 Å². The van der Waals surface area contributed by atoms with Gasteiger partial charge in [0.2, 0.25) is 10.0 Å². The second-order valence-corrected chi connectivity index (χ2v) is 7.84. The first-order valence-corrected chi connectivity index (χ1v) is 8.84. The zero-order valence-electron chi connectivity index (χ0n) is 12.6. The Morgan fingerprint density at radius 1 is 1.08 bits per heavy atom. The number of fused-ring (bicyclic) bond motifs is 2. The number of benzene rings is 2. The van der Waals surface area contributed by atoms with Crippen molar-refractivity contribution in [2.24, 2.45) is 0 Å². The first-order valence-electron chi connectivity index (χ1n) is 7.40. The zero-order chi connectivity index (χ0) is 16.9. The third kappa shape index (κ3) is 2.07. The summed E-state index contributed by atoms with van der Waals surface area (Å²) in [5.41, 5.74) is 1.01. The van der Waals surface area contributed by atoms with Crippen molar-refractivity contribution in [3.63, 3.8) is 0 Å². The van der Waals surface area contributed by atoms with Crippen LogP contribution in [0.4, 0.5) is 5.69 Å². The lowest BCUT2D eigenvalue weighted by atomic mass is 9.87. The fraction of sp³-hybridized carbons (Fsp3) is 0.250. The molecule has 4 rings (SSSR count). The van der Waals surface area contributed by atoms with Gasteiger partial charge in [-0.3, -0.25) is 10.1 Å². The van der Waals surface area contributed by atoms with E-state index in [1.807, 2.05) is 24.3 Å². The van der Waals surface area contributed by atoms with Crippen molar-refractivity contribution in [1.82, 2.24) is 4.31 Å². The molecule has 0 unspecified atom stereocenters. The summed E-state index contributed by atoms with van der Waals surface area (Å²) < 4.78 is 32.6. The van der Waals surface area contributed by atoms with Crippen LogP contribution in [-0.4, -0.2) is 30.7 Å². The number of para-hydroxylation sites is 1. The van der Waals surface area contributed by atoms with E-state index in [1.54, 1.807) is 0 Å². The largest absolute Gasteiger partial charge is 0.363 e. The molecule has 0 aliphatic carbocycles. The van der Waals surface area contributed by atoms with Gasteiger partial charge in [0.1, 0.15) is 5.60 Å². The minimum absolute atomic E-state index is 0.165. The molecule has 0 radical (unpaired) electrons. The van der Waals surface area contributed by atoms with Crippen LogP contribution in [0.15, 0.2) is 53.4 Å². The average Bonchev–Trinajstić information content (AvgIpc) is 2.93. The summed E-state index contributed by atoms with van der Waals surface area (Å²) in [6, 6.07) is 13.1. The van der Waals surface area contributed by atoms with E-state index in [0.29, 0.717) is 6.61 Å². The van der Waals surface area contributed by atoms with E-state index in [0.717, 1.165) is 11.1 Å². The molecule has 124 valence electrons. The monoisotopic (exact) mass is 346 g/mol. The Morgan fingerprint density at radius 3 is 2.50 bits per heavy atom. The van der Waals surface area contributed by atoms with Gasteiger partial charge in [0.25, 0.3) is 5.69 Å². The van der Waals surface area contributed by atoms with E-state index in [1.165, 1.54) is 28.6 Å². The fourth-order valence-electron chi connectivity index (χ4n) is 3.30. The van der Waals surface area contributed by atoms with Gasteiger partial charge in [-0.15, -0.1) is 0 Å². The Balaban J connectivity index is 1.65. The number of hydrogen-bond donors (Lipinski definition) is 0. The third-order valence-electron chi connectivity index (χ3n) is 4.56. The smallest absolute Gasteiger partial charge is 0.289 e. The molecule has 0 N–H and O–H groups in total. The highest BCUT2D eigenvalue weighted by Gasteiger charge is 2.54. The van der Waals surface area contributed by atoms with Crippen molar-refractivity contribution >= 4 is 15.7 Å². The molecule has 0 atom stereocenters. The summed E-state index contributed by atoms with van der Waals surface area (Å²) in [7, 11) is -3.93. The van der Waals surface area contributed by atoms with Crippen LogP contribution >= 0.6 is 0 Å². The molecule has 2 aromatic rings. The maximum Gasteiger partial charge on any atom is 0.289 e. The fourth-order valence-corrected chi connectivity index (χ4v) is 5.00. The lowest BCUT2D eigenvalue weighted by Gasteiger charge is -2.46. The minimum atomic E-state index is -3.93. The van der Waals surface area contributed by atoms with Gasteiger partial charge >= 0.3 is 0 Å². The maximum atomic E-state index is 12.8. The van der Waals surface area contributed by atoms with Gasteiger partial charge in [-0.25, -0.2) is 8.42 Å². The summed E-state index contributed by atoms with van der Waals surface area (Å²) in [6.45, 7) is 0.784. The normalized spacial score (nSPS) is 19.0. The quantitative estimate of drug-likeness (QED) is 0.626. The zero-order valence-corrected chi connectivity index (χ0v) is 13.4. The summed E-state index contributed by atoms with van der Waals surface area (Å²) in [5, 5.41) is 11.1. The van der Waals surface area contributed by atoms with Gasteiger partial charge in [-0.2, -0.15) is 4.31 Å². The summed E-state index contributed by atoms with van der Waals surface area (Å²) >= 11 is 0. The Morgan fingerprint density at radius 2 is 1.75 bits per heavy atom. The Kier molecular flexibility index (Phi) is 3.24. The Labute approximate surface area is 138 Å². The lowest BCUT2D eigenvalue weighted by Crippen LogP contribution is -2.60. The highest BCUT2D eigenvalue weighted by Crippen LogP contribution is 2.45. The molecule has 0 bridgehead atoms. The summed E-state index contributed by atoms with van der Waals surface area (Å²) in [6.07, 6.45) is 0. The number of ether oxygens (including phenoxy) is 1. The van der Waals surface area contributed by atoms with Gasteiger partial charge in [-0.05, 0) is 17.2 Å². The molecule has 1 fully saturated rings. The minimum Gasteiger partial charge on any atom is -0.363 e. The van der Waals surface area contributed by atoms with Crippen molar-refractivity contribution < 1.29 is 18.1 Å². The molecule has 8 heteroatoms. The van der Waals surface area contributed by atoms with Gasteiger partial charge in [0, 0.05) is 19.2 Å². The lowest BCUT2D eigenvalue weighted by molar-refractivity contribution is -0.387. The first kappa shape index (κ1) is 15.3. The molecule has 1 spiro atoms. The summed E-state index contributed by atoms with van der Waals surface area (Å²) in [4.78, 5) is 10.2. The Bertz CT molecular complexity index is 935. The first-order chi connectivity index (χ1) is 11.4. The number of rotatable bonds is 3. The molecule has 2 aliphatic rings. The van der Waals surface area contributed by atoms with Crippen molar-refractivity contribution in [2.45, 2.75) is 17.1 Å². The third-order valence-corrected chi connectivity index (χ3v) is 6.39. The van der Waals surface area contributed by atoms with E-state index in [4.69, 9.17) is 4.74 Å². The summed E-state index contributed by atoms with van der Waals surface area (Å²) in [5.74, 6) is 0. The van der Waals surface area contributed by atoms with Gasteiger partial charge in [0.15, 0.2) is 4.90 Å². The molecule has 2 heterocycles. The van der Waals surface area contributed by atoms with Crippen molar-refractivity contribution in [3.8, 4) is 0 Å². The molecule has 2 aromatic carbocycles. The molecule has 2 aliphatic heterocycles. The Hall–Kier alpha value is -2.29. The van der Waals surface area contributed by atoms with Gasteiger partial charge < -0.3 is 4.74 Å². The van der Waals surface area contributed by atoms with E-state index >= 15 is 0 Å². The van der Waals surface area contributed by atoms with E-state index < -0.39 is 26.2 Å². The molecule has 1 saturated heterocycles. The van der Waals surface area contributed by atoms with Crippen LogP contribution < -0.4 is 0 Å². The molecule has 0 aromatic heterocycles. The van der Waals surface area contributed by atoms with Crippen LogP contribution in [0.25, 0.3) is 0 Å². The number of nitro groups is 1. The topological polar surface area (TPSA) is 89.8 Å². The van der Waals surface area contributed by atoms with E-state index in [9.17, 15) is 18.5 Å². The van der Waals surface area contributed by atoms with Crippen LogP contribution in [0.5, 0.6) is 0 Å². The highest BCUT2D eigenvalue weighted by molar-refractivity contribution is 7.89. The van der Waals surface area contributed by atoms with Gasteiger partial charge in [0.05, 0.1) is 11.5 Å². The predicted octanol–water partition coefficient (Wildman–Crippen LogP) is 2.02. The molecule has 0 amide bonds. The molecular formula is C16H14N2O5S. The predicted molar refractivity (Wildman–Crippen MR) is 84.8 cm³/mol. The average molecular weight is 346 g/mol. The van der Waals surface area contributed by atoms with Crippen LogP contribution in [0.1, 0.15) is 11.1 Å².